The van der Waals surface area contributed by atoms with Crippen molar-refractivity contribution in [3.63, 3.8) is 0 Å². The maximum Gasteiger partial charge on any atom is 0.319 e. The third kappa shape index (κ3) is 4.71. The van der Waals surface area contributed by atoms with Gasteiger partial charge in [0.1, 0.15) is 0 Å². The van der Waals surface area contributed by atoms with Gasteiger partial charge in [-0.3, -0.25) is 14.5 Å². The molecule has 0 saturated carbocycles. The molecule has 1 saturated heterocycles. The highest BCUT2D eigenvalue weighted by molar-refractivity contribution is 7.89. The first-order chi connectivity index (χ1) is 15.8. The zero-order chi connectivity index (χ0) is 23.6. The lowest BCUT2D eigenvalue weighted by Crippen LogP contribution is -2.40. The first-order valence-corrected chi connectivity index (χ1v) is 12.0. The molecule has 10 nitrogen and oxygen atoms in total. The van der Waals surface area contributed by atoms with Gasteiger partial charge in [-0.05, 0) is 30.3 Å². The highest BCUT2D eigenvalue weighted by Gasteiger charge is 2.34. The Morgan fingerprint density at radius 1 is 1.03 bits per heavy atom. The number of benzene rings is 2. The molecule has 4 rings (SSSR count). The van der Waals surface area contributed by atoms with Crippen LogP contribution in [0.25, 0.3) is 0 Å². The molecular formula is C21H21ClN4O6S. The molecule has 0 bridgehead atoms. The average molecular weight is 493 g/mol. The standard InChI is InChI=1S/C21H21ClN4O6S/c22-17-6-5-14(33(30,31)25-9-11-32-12-10-25)13-18(17)24-21(29)23-7-8-26-19(27)15-3-1-2-4-16(15)20(26)28/h1-6,13H,7-12H2,(H2,23,24,29). The zero-order valence-electron chi connectivity index (χ0n) is 17.4. The number of rotatable bonds is 6. The van der Waals surface area contributed by atoms with E-state index in [4.69, 9.17) is 16.3 Å². The fraction of sp³-hybridized carbons (Fsp3) is 0.286. The maximum absolute atomic E-state index is 12.8. The van der Waals surface area contributed by atoms with Gasteiger partial charge in [0.25, 0.3) is 11.8 Å². The van der Waals surface area contributed by atoms with Crippen LogP contribution in [-0.2, 0) is 14.8 Å². The van der Waals surface area contributed by atoms with E-state index in [-0.39, 0.29) is 41.8 Å². The maximum atomic E-state index is 12.8. The van der Waals surface area contributed by atoms with E-state index in [0.717, 1.165) is 4.90 Å². The molecule has 2 aromatic carbocycles. The quantitative estimate of drug-likeness (QED) is 0.592. The highest BCUT2D eigenvalue weighted by atomic mass is 35.5. The molecular weight excluding hydrogens is 472 g/mol. The van der Waals surface area contributed by atoms with Gasteiger partial charge in [0.2, 0.25) is 10.0 Å². The number of nitrogens with zero attached hydrogens (tertiary/aromatic N) is 2. The summed E-state index contributed by atoms with van der Waals surface area (Å²) in [6, 6.07) is 9.91. The van der Waals surface area contributed by atoms with Crippen molar-refractivity contribution in [1.29, 1.82) is 0 Å². The number of anilines is 1. The molecule has 4 amide bonds. The van der Waals surface area contributed by atoms with Gasteiger partial charge in [-0.2, -0.15) is 4.31 Å². The minimum atomic E-state index is -3.76. The van der Waals surface area contributed by atoms with E-state index in [2.05, 4.69) is 10.6 Å². The molecule has 0 radical (unpaired) electrons. The van der Waals surface area contributed by atoms with Crippen molar-refractivity contribution in [3.05, 3.63) is 58.6 Å². The summed E-state index contributed by atoms with van der Waals surface area (Å²) in [6.07, 6.45) is 0. The molecule has 12 heteroatoms. The monoisotopic (exact) mass is 492 g/mol. The van der Waals surface area contributed by atoms with Crippen LogP contribution in [0.3, 0.4) is 0 Å². The molecule has 2 aromatic rings. The topological polar surface area (TPSA) is 125 Å². The van der Waals surface area contributed by atoms with Crippen molar-refractivity contribution >= 4 is 45.2 Å². The lowest BCUT2D eigenvalue weighted by molar-refractivity contribution is 0.0656. The lowest BCUT2D eigenvalue weighted by atomic mass is 10.1. The number of sulfonamides is 1. The van der Waals surface area contributed by atoms with Gasteiger partial charge in [0, 0.05) is 26.2 Å². The Morgan fingerprint density at radius 3 is 2.30 bits per heavy atom. The summed E-state index contributed by atoms with van der Waals surface area (Å²) in [7, 11) is -3.76. The van der Waals surface area contributed by atoms with Gasteiger partial charge >= 0.3 is 6.03 Å². The number of imide groups is 1. The number of nitrogens with one attached hydrogen (secondary N) is 2. The van der Waals surface area contributed by atoms with Gasteiger partial charge in [-0.1, -0.05) is 23.7 Å². The second-order valence-corrected chi connectivity index (χ2v) is 9.69. The molecule has 0 unspecified atom stereocenters. The van der Waals surface area contributed by atoms with Crippen LogP contribution >= 0.6 is 11.6 Å². The Bertz CT molecular complexity index is 1180. The van der Waals surface area contributed by atoms with Crippen molar-refractivity contribution in [2.24, 2.45) is 0 Å². The number of ether oxygens (including phenoxy) is 1. The number of halogens is 1. The third-order valence-corrected chi connectivity index (χ3v) is 7.52. The summed E-state index contributed by atoms with van der Waals surface area (Å²) in [5.41, 5.74) is 0.776. The molecule has 2 heterocycles. The molecule has 2 N–H and O–H groups in total. The molecule has 0 atom stereocenters. The fourth-order valence-corrected chi connectivity index (χ4v) is 5.19. The Balaban J connectivity index is 1.37. The second-order valence-electron chi connectivity index (χ2n) is 7.35. The Morgan fingerprint density at radius 2 is 1.67 bits per heavy atom. The molecule has 1 fully saturated rings. The van der Waals surface area contributed by atoms with Gasteiger partial charge < -0.3 is 15.4 Å². The molecule has 0 aromatic heterocycles. The first-order valence-electron chi connectivity index (χ1n) is 10.2. The Labute approximate surface area is 195 Å². The van der Waals surface area contributed by atoms with Crippen molar-refractivity contribution < 1.29 is 27.5 Å². The Kier molecular flexibility index (Phi) is 6.66. The van der Waals surface area contributed by atoms with Crippen molar-refractivity contribution in [2.75, 3.05) is 44.7 Å². The lowest BCUT2D eigenvalue weighted by Gasteiger charge is -2.26. The summed E-state index contributed by atoms with van der Waals surface area (Å²) in [4.78, 5) is 38.1. The predicted molar refractivity (Wildman–Crippen MR) is 120 cm³/mol. The molecule has 33 heavy (non-hydrogen) atoms. The van der Waals surface area contributed by atoms with Crippen LogP contribution in [0.1, 0.15) is 20.7 Å². The highest BCUT2D eigenvalue weighted by Crippen LogP contribution is 2.27. The molecule has 2 aliphatic rings. The Hall–Kier alpha value is -2.99. The first kappa shape index (κ1) is 23.2. The second kappa shape index (κ2) is 9.48. The third-order valence-electron chi connectivity index (χ3n) is 5.29. The van der Waals surface area contributed by atoms with Crippen LogP contribution in [0.15, 0.2) is 47.4 Å². The van der Waals surface area contributed by atoms with Crippen LogP contribution < -0.4 is 10.6 Å². The summed E-state index contributed by atoms with van der Waals surface area (Å²) in [6.45, 7) is 1.10. The number of fused-ring (bicyclic) bond motifs is 1. The summed E-state index contributed by atoms with van der Waals surface area (Å²) < 4.78 is 32.2. The van der Waals surface area contributed by atoms with E-state index in [0.29, 0.717) is 24.3 Å². The summed E-state index contributed by atoms with van der Waals surface area (Å²) >= 11 is 6.14. The number of hydrogen-bond donors (Lipinski definition) is 2. The number of carbonyl (C=O) groups is 3. The van der Waals surface area contributed by atoms with Crippen LogP contribution in [0.4, 0.5) is 10.5 Å². The number of hydrogen-bond acceptors (Lipinski definition) is 6. The van der Waals surface area contributed by atoms with Crippen molar-refractivity contribution in [3.8, 4) is 0 Å². The van der Waals surface area contributed by atoms with Gasteiger partial charge in [-0.15, -0.1) is 0 Å². The largest absolute Gasteiger partial charge is 0.379 e. The normalized spacial score (nSPS) is 16.6. The summed E-state index contributed by atoms with van der Waals surface area (Å²) in [5, 5.41) is 5.21. The molecule has 0 spiro atoms. The van der Waals surface area contributed by atoms with Crippen LogP contribution in [-0.4, -0.2) is 74.9 Å². The van der Waals surface area contributed by atoms with Gasteiger partial charge in [0.15, 0.2) is 0 Å². The van der Waals surface area contributed by atoms with Crippen LogP contribution in [0, 0.1) is 0 Å². The number of urea groups is 1. The van der Waals surface area contributed by atoms with E-state index in [1.807, 2.05) is 0 Å². The van der Waals surface area contributed by atoms with Crippen molar-refractivity contribution in [2.45, 2.75) is 4.90 Å². The number of amides is 4. The average Bonchev–Trinajstić information content (AvgIpc) is 3.06. The molecule has 2 aliphatic heterocycles. The van der Waals surface area contributed by atoms with E-state index in [1.54, 1.807) is 24.3 Å². The number of morpholine rings is 1. The van der Waals surface area contributed by atoms with E-state index >= 15 is 0 Å². The summed E-state index contributed by atoms with van der Waals surface area (Å²) in [5.74, 6) is -0.830. The molecule has 174 valence electrons. The smallest absolute Gasteiger partial charge is 0.319 e. The fourth-order valence-electron chi connectivity index (χ4n) is 3.59. The van der Waals surface area contributed by atoms with Crippen molar-refractivity contribution in [1.82, 2.24) is 14.5 Å². The molecule has 0 aliphatic carbocycles. The SMILES string of the molecule is O=C(NCCN1C(=O)c2ccccc2C1=O)Nc1cc(S(=O)(=O)N2CCOCC2)ccc1Cl. The zero-order valence-corrected chi connectivity index (χ0v) is 19.0. The van der Waals surface area contributed by atoms with E-state index in [1.165, 1.54) is 22.5 Å². The minimum absolute atomic E-state index is 0.000683. The predicted octanol–water partition coefficient (Wildman–Crippen LogP) is 1.78. The van der Waals surface area contributed by atoms with Crippen LogP contribution in [0.2, 0.25) is 5.02 Å². The van der Waals surface area contributed by atoms with E-state index < -0.39 is 27.9 Å². The van der Waals surface area contributed by atoms with Crippen LogP contribution in [0.5, 0.6) is 0 Å². The van der Waals surface area contributed by atoms with E-state index in [9.17, 15) is 22.8 Å². The van der Waals surface area contributed by atoms with Gasteiger partial charge in [-0.25, -0.2) is 13.2 Å². The van der Waals surface area contributed by atoms with Gasteiger partial charge in [0.05, 0.1) is 39.9 Å². The minimum Gasteiger partial charge on any atom is -0.379 e. The number of carbonyl (C=O) groups excluding carboxylic acids is 3.